The molecule has 0 radical (unpaired) electrons. The van der Waals surface area contributed by atoms with Gasteiger partial charge in [-0.2, -0.15) is 0 Å². The Morgan fingerprint density at radius 3 is 3.12 bits per heavy atom. The number of anilines is 2. The summed E-state index contributed by atoms with van der Waals surface area (Å²) in [6.07, 6.45) is 1.09. The summed E-state index contributed by atoms with van der Waals surface area (Å²) in [5, 5.41) is 6.12. The summed E-state index contributed by atoms with van der Waals surface area (Å²) in [7, 11) is 0. The summed E-state index contributed by atoms with van der Waals surface area (Å²) in [5.41, 5.74) is 3.26. The van der Waals surface area contributed by atoms with Crippen molar-refractivity contribution in [3.05, 3.63) is 23.8 Å². The van der Waals surface area contributed by atoms with Crippen LogP contribution in [0, 0.1) is 0 Å². The second-order valence-corrected chi connectivity index (χ2v) is 4.46. The molecule has 0 aliphatic carbocycles. The summed E-state index contributed by atoms with van der Waals surface area (Å²) in [4.78, 5) is 11.6. The highest BCUT2D eigenvalue weighted by Crippen LogP contribution is 2.25. The standard InChI is InChI=1S/C13H18N2O2/c1-9(2)17-8-13(16)15-11-3-4-12-10(7-11)5-6-14-12/h3-4,7,9,14H,5-6,8H2,1-2H3,(H,15,16). The number of benzene rings is 1. The van der Waals surface area contributed by atoms with Crippen LogP contribution in [0.4, 0.5) is 11.4 Å². The number of carbonyl (C=O) groups is 1. The molecule has 4 heteroatoms. The van der Waals surface area contributed by atoms with Crippen molar-refractivity contribution in [2.75, 3.05) is 23.8 Å². The lowest BCUT2D eigenvalue weighted by molar-refractivity contribution is -0.121. The third-order valence-electron chi connectivity index (χ3n) is 2.65. The van der Waals surface area contributed by atoms with Gasteiger partial charge in [0.1, 0.15) is 6.61 Å². The number of hydrogen-bond donors (Lipinski definition) is 2. The minimum atomic E-state index is -0.107. The molecule has 2 rings (SSSR count). The van der Waals surface area contributed by atoms with Crippen molar-refractivity contribution in [3.8, 4) is 0 Å². The van der Waals surface area contributed by atoms with E-state index in [-0.39, 0.29) is 18.6 Å². The van der Waals surface area contributed by atoms with E-state index in [4.69, 9.17) is 4.74 Å². The van der Waals surface area contributed by atoms with Gasteiger partial charge in [-0.25, -0.2) is 0 Å². The SMILES string of the molecule is CC(C)OCC(=O)Nc1ccc2c(c1)CCN2. The lowest BCUT2D eigenvalue weighted by atomic mass is 10.1. The van der Waals surface area contributed by atoms with E-state index in [2.05, 4.69) is 10.6 Å². The molecular weight excluding hydrogens is 216 g/mol. The lowest BCUT2D eigenvalue weighted by Gasteiger charge is -2.09. The van der Waals surface area contributed by atoms with Crippen molar-refractivity contribution in [3.63, 3.8) is 0 Å². The molecule has 1 aliphatic rings. The zero-order valence-electron chi connectivity index (χ0n) is 10.2. The molecule has 4 nitrogen and oxygen atoms in total. The smallest absolute Gasteiger partial charge is 0.250 e. The zero-order valence-corrected chi connectivity index (χ0v) is 10.2. The first-order valence-electron chi connectivity index (χ1n) is 5.93. The fourth-order valence-electron chi connectivity index (χ4n) is 1.82. The first-order chi connectivity index (χ1) is 8.15. The summed E-state index contributed by atoms with van der Waals surface area (Å²) in [5.74, 6) is -0.107. The molecule has 1 aromatic rings. The molecule has 1 aromatic carbocycles. The van der Waals surface area contributed by atoms with E-state index in [0.717, 1.165) is 18.7 Å². The van der Waals surface area contributed by atoms with Gasteiger partial charge in [-0.15, -0.1) is 0 Å². The lowest BCUT2D eigenvalue weighted by Crippen LogP contribution is -2.20. The van der Waals surface area contributed by atoms with Crippen LogP contribution in [0.2, 0.25) is 0 Å². The van der Waals surface area contributed by atoms with Gasteiger partial charge in [-0.05, 0) is 44.0 Å². The number of rotatable bonds is 4. The van der Waals surface area contributed by atoms with Crippen molar-refractivity contribution >= 4 is 17.3 Å². The van der Waals surface area contributed by atoms with Crippen LogP contribution in [0.25, 0.3) is 0 Å². The molecule has 1 amide bonds. The molecule has 0 aromatic heterocycles. The fourth-order valence-corrected chi connectivity index (χ4v) is 1.82. The summed E-state index contributed by atoms with van der Waals surface area (Å²) >= 11 is 0. The number of fused-ring (bicyclic) bond motifs is 1. The van der Waals surface area contributed by atoms with Gasteiger partial charge in [0.15, 0.2) is 0 Å². The summed E-state index contributed by atoms with van der Waals surface area (Å²) < 4.78 is 5.24. The van der Waals surface area contributed by atoms with Gasteiger partial charge in [-0.3, -0.25) is 4.79 Å². The van der Waals surface area contributed by atoms with Gasteiger partial charge in [0, 0.05) is 17.9 Å². The predicted octanol–water partition coefficient (Wildman–Crippen LogP) is 2.02. The Kier molecular flexibility index (Phi) is 3.64. The molecule has 0 unspecified atom stereocenters. The Bertz CT molecular complexity index is 416. The molecule has 0 fully saturated rings. The quantitative estimate of drug-likeness (QED) is 0.838. The van der Waals surface area contributed by atoms with Gasteiger partial charge >= 0.3 is 0 Å². The van der Waals surface area contributed by atoms with E-state index in [0.29, 0.717) is 0 Å². The monoisotopic (exact) mass is 234 g/mol. The average Bonchev–Trinajstić information content (AvgIpc) is 2.73. The van der Waals surface area contributed by atoms with E-state index in [1.54, 1.807) is 0 Å². The normalized spacial score (nSPS) is 13.4. The molecule has 1 heterocycles. The Hall–Kier alpha value is -1.55. The van der Waals surface area contributed by atoms with E-state index in [9.17, 15) is 4.79 Å². The maximum atomic E-state index is 11.6. The maximum Gasteiger partial charge on any atom is 0.250 e. The minimum Gasteiger partial charge on any atom is -0.384 e. The third kappa shape index (κ3) is 3.20. The first-order valence-corrected chi connectivity index (χ1v) is 5.93. The van der Waals surface area contributed by atoms with Crippen molar-refractivity contribution in [2.45, 2.75) is 26.4 Å². The number of nitrogens with one attached hydrogen (secondary N) is 2. The number of carbonyl (C=O) groups excluding carboxylic acids is 1. The number of hydrogen-bond acceptors (Lipinski definition) is 3. The second-order valence-electron chi connectivity index (χ2n) is 4.46. The molecule has 92 valence electrons. The highest BCUT2D eigenvalue weighted by molar-refractivity contribution is 5.92. The van der Waals surface area contributed by atoms with E-state index < -0.39 is 0 Å². The van der Waals surface area contributed by atoms with Crippen LogP contribution in [0.3, 0.4) is 0 Å². The summed E-state index contributed by atoms with van der Waals surface area (Å²) in [6.45, 7) is 4.90. The van der Waals surface area contributed by atoms with Crippen LogP contribution in [0.5, 0.6) is 0 Å². The van der Waals surface area contributed by atoms with Gasteiger partial charge < -0.3 is 15.4 Å². The average molecular weight is 234 g/mol. The molecule has 17 heavy (non-hydrogen) atoms. The number of ether oxygens (including phenoxy) is 1. The van der Waals surface area contributed by atoms with Gasteiger partial charge in [-0.1, -0.05) is 0 Å². The van der Waals surface area contributed by atoms with E-state index in [1.165, 1.54) is 11.3 Å². The Labute approximate surface area is 101 Å². The van der Waals surface area contributed by atoms with Crippen molar-refractivity contribution < 1.29 is 9.53 Å². The van der Waals surface area contributed by atoms with Crippen LogP contribution in [0.1, 0.15) is 19.4 Å². The minimum absolute atomic E-state index is 0.0740. The highest BCUT2D eigenvalue weighted by atomic mass is 16.5. The maximum absolute atomic E-state index is 11.6. The van der Waals surface area contributed by atoms with Gasteiger partial charge in [0.05, 0.1) is 6.10 Å². The fraction of sp³-hybridized carbons (Fsp3) is 0.462. The molecule has 0 spiro atoms. The van der Waals surface area contributed by atoms with Crippen molar-refractivity contribution in [2.24, 2.45) is 0 Å². The number of amides is 1. The van der Waals surface area contributed by atoms with Gasteiger partial charge in [0.25, 0.3) is 0 Å². The van der Waals surface area contributed by atoms with Crippen molar-refractivity contribution in [1.82, 2.24) is 0 Å². The molecule has 0 atom stereocenters. The second kappa shape index (κ2) is 5.19. The molecular formula is C13H18N2O2. The molecule has 0 saturated carbocycles. The Morgan fingerprint density at radius 1 is 1.53 bits per heavy atom. The van der Waals surface area contributed by atoms with Crippen LogP contribution in [-0.4, -0.2) is 25.2 Å². The molecule has 0 saturated heterocycles. The van der Waals surface area contributed by atoms with E-state index >= 15 is 0 Å². The van der Waals surface area contributed by atoms with Crippen LogP contribution in [0.15, 0.2) is 18.2 Å². The zero-order chi connectivity index (χ0) is 12.3. The van der Waals surface area contributed by atoms with Crippen LogP contribution >= 0.6 is 0 Å². The molecule has 2 N–H and O–H groups in total. The third-order valence-corrected chi connectivity index (χ3v) is 2.65. The Morgan fingerprint density at radius 2 is 2.35 bits per heavy atom. The van der Waals surface area contributed by atoms with Crippen LogP contribution in [-0.2, 0) is 16.0 Å². The predicted molar refractivity (Wildman–Crippen MR) is 68.4 cm³/mol. The molecule has 1 aliphatic heterocycles. The largest absolute Gasteiger partial charge is 0.384 e. The first kappa shape index (κ1) is 11.9. The molecule has 0 bridgehead atoms. The Balaban J connectivity index is 1.92. The van der Waals surface area contributed by atoms with Crippen molar-refractivity contribution in [1.29, 1.82) is 0 Å². The van der Waals surface area contributed by atoms with Gasteiger partial charge in [0.2, 0.25) is 5.91 Å². The van der Waals surface area contributed by atoms with Crippen LogP contribution < -0.4 is 10.6 Å². The topological polar surface area (TPSA) is 50.4 Å². The highest BCUT2D eigenvalue weighted by Gasteiger charge is 2.11. The van der Waals surface area contributed by atoms with E-state index in [1.807, 2.05) is 32.0 Å². The summed E-state index contributed by atoms with van der Waals surface area (Å²) in [6, 6.07) is 5.92.